The average Bonchev–Trinajstić information content (AvgIpc) is 2.98. The van der Waals surface area contributed by atoms with Crippen LogP contribution in [0.25, 0.3) is 6.08 Å². The van der Waals surface area contributed by atoms with Crippen molar-refractivity contribution >= 4 is 68.8 Å². The molecule has 0 saturated heterocycles. The standard InChI is InChI=1S/C32H27BrN4O4S/c1-20(30(39)35-25-16-12-22(13-17-25)29(34)38)42-27-9-5-8-26(19-27)36-32(41)28(18-21-10-14-24(33)15-11-21)37-31(40)23-6-3-2-4-7-23/h2-20H,1H3,(H2,34,38)(H,35,39)(H,36,41)(H,37,40)/b28-18-. The van der Waals surface area contributed by atoms with Gasteiger partial charge in [0.2, 0.25) is 11.8 Å². The van der Waals surface area contributed by atoms with Crippen LogP contribution in [0.5, 0.6) is 0 Å². The van der Waals surface area contributed by atoms with Crippen LogP contribution in [0.2, 0.25) is 0 Å². The molecule has 212 valence electrons. The molecule has 4 amide bonds. The Balaban J connectivity index is 1.45. The summed E-state index contributed by atoms with van der Waals surface area (Å²) in [7, 11) is 0. The molecule has 4 aromatic rings. The first-order valence-corrected chi connectivity index (χ1v) is 14.5. The van der Waals surface area contributed by atoms with E-state index in [1.165, 1.54) is 11.8 Å². The van der Waals surface area contributed by atoms with Crippen molar-refractivity contribution in [2.75, 3.05) is 10.6 Å². The highest BCUT2D eigenvalue weighted by Gasteiger charge is 2.17. The van der Waals surface area contributed by atoms with E-state index in [-0.39, 0.29) is 11.6 Å². The fraction of sp³-hybridized carbons (Fsp3) is 0.0625. The molecule has 0 saturated carbocycles. The molecular weight excluding hydrogens is 616 g/mol. The molecule has 5 N–H and O–H groups in total. The number of amides is 4. The molecule has 0 radical (unpaired) electrons. The first-order chi connectivity index (χ1) is 20.2. The molecule has 0 aliphatic carbocycles. The molecular formula is C32H27BrN4O4S. The second-order valence-electron chi connectivity index (χ2n) is 9.10. The lowest BCUT2D eigenvalue weighted by Crippen LogP contribution is -2.30. The van der Waals surface area contributed by atoms with E-state index in [0.29, 0.717) is 22.5 Å². The Hall–Kier alpha value is -4.67. The number of carbonyl (C=O) groups is 4. The zero-order chi connectivity index (χ0) is 30.1. The van der Waals surface area contributed by atoms with Crippen molar-refractivity contribution in [3.63, 3.8) is 0 Å². The highest BCUT2D eigenvalue weighted by atomic mass is 79.9. The molecule has 0 aliphatic heterocycles. The molecule has 42 heavy (non-hydrogen) atoms. The van der Waals surface area contributed by atoms with Crippen molar-refractivity contribution in [1.29, 1.82) is 0 Å². The number of primary amides is 1. The van der Waals surface area contributed by atoms with E-state index in [1.807, 2.05) is 30.3 Å². The summed E-state index contributed by atoms with van der Waals surface area (Å²) in [6.45, 7) is 1.77. The van der Waals surface area contributed by atoms with Crippen LogP contribution in [0, 0.1) is 0 Å². The smallest absolute Gasteiger partial charge is 0.272 e. The maximum Gasteiger partial charge on any atom is 0.272 e. The van der Waals surface area contributed by atoms with Gasteiger partial charge in [0.25, 0.3) is 11.8 Å². The van der Waals surface area contributed by atoms with Crippen LogP contribution in [-0.4, -0.2) is 28.9 Å². The SMILES string of the molecule is CC(Sc1cccc(NC(=O)/C(=C/c2ccc(Br)cc2)NC(=O)c2ccccc2)c1)C(=O)Nc1ccc(C(N)=O)cc1. The van der Waals surface area contributed by atoms with Crippen molar-refractivity contribution in [3.8, 4) is 0 Å². The minimum Gasteiger partial charge on any atom is -0.366 e. The number of anilines is 2. The quantitative estimate of drug-likeness (QED) is 0.123. The van der Waals surface area contributed by atoms with Crippen molar-refractivity contribution < 1.29 is 19.2 Å². The summed E-state index contributed by atoms with van der Waals surface area (Å²) in [5.74, 6) is -1.69. The Morgan fingerprint density at radius 1 is 0.786 bits per heavy atom. The Morgan fingerprint density at radius 2 is 1.48 bits per heavy atom. The number of carbonyl (C=O) groups excluding carboxylic acids is 4. The van der Waals surface area contributed by atoms with Gasteiger partial charge in [-0.1, -0.05) is 52.3 Å². The number of nitrogens with two attached hydrogens (primary N) is 1. The summed E-state index contributed by atoms with van der Waals surface area (Å²) >= 11 is 4.71. The van der Waals surface area contributed by atoms with Gasteiger partial charge >= 0.3 is 0 Å². The lowest BCUT2D eigenvalue weighted by Gasteiger charge is -2.14. The van der Waals surface area contributed by atoms with Crippen molar-refractivity contribution in [2.24, 2.45) is 5.73 Å². The number of halogens is 1. The number of thioether (sulfide) groups is 1. The fourth-order valence-electron chi connectivity index (χ4n) is 3.73. The van der Waals surface area contributed by atoms with E-state index >= 15 is 0 Å². The van der Waals surface area contributed by atoms with Crippen LogP contribution >= 0.6 is 27.7 Å². The lowest BCUT2D eigenvalue weighted by atomic mass is 10.1. The van der Waals surface area contributed by atoms with E-state index in [0.717, 1.165) is 14.9 Å². The summed E-state index contributed by atoms with van der Waals surface area (Å²) in [6, 6.07) is 29.4. The molecule has 8 nitrogen and oxygen atoms in total. The third-order valence-electron chi connectivity index (χ3n) is 5.92. The number of nitrogens with one attached hydrogen (secondary N) is 3. The fourth-order valence-corrected chi connectivity index (χ4v) is 4.92. The monoisotopic (exact) mass is 642 g/mol. The second kappa shape index (κ2) is 14.3. The van der Waals surface area contributed by atoms with Gasteiger partial charge in [0.15, 0.2) is 0 Å². The molecule has 1 unspecified atom stereocenters. The Bertz CT molecular complexity index is 1620. The van der Waals surface area contributed by atoms with Crippen molar-refractivity contribution in [3.05, 3.63) is 130 Å². The molecule has 0 heterocycles. The molecule has 0 bridgehead atoms. The summed E-state index contributed by atoms with van der Waals surface area (Å²) < 4.78 is 0.886. The Morgan fingerprint density at radius 3 is 2.14 bits per heavy atom. The van der Waals surface area contributed by atoms with Crippen LogP contribution in [0.15, 0.2) is 118 Å². The van der Waals surface area contributed by atoms with Gasteiger partial charge in [0, 0.05) is 31.9 Å². The maximum atomic E-state index is 13.4. The number of hydrogen-bond acceptors (Lipinski definition) is 5. The predicted octanol–water partition coefficient (Wildman–Crippen LogP) is 6.08. The molecule has 0 aliphatic rings. The Labute approximate surface area is 255 Å². The number of hydrogen-bond donors (Lipinski definition) is 4. The average molecular weight is 644 g/mol. The van der Waals surface area contributed by atoms with Crippen LogP contribution in [0.1, 0.15) is 33.2 Å². The van der Waals surface area contributed by atoms with Gasteiger partial charge in [-0.25, -0.2) is 0 Å². The van der Waals surface area contributed by atoms with Gasteiger partial charge in [-0.15, -0.1) is 11.8 Å². The summed E-state index contributed by atoms with van der Waals surface area (Å²) in [5, 5.41) is 7.92. The van der Waals surface area contributed by atoms with Gasteiger partial charge in [-0.2, -0.15) is 0 Å². The van der Waals surface area contributed by atoms with Gasteiger partial charge in [-0.05, 0) is 85.3 Å². The minimum absolute atomic E-state index is 0.0688. The van der Waals surface area contributed by atoms with Crippen molar-refractivity contribution in [1.82, 2.24) is 5.32 Å². The first-order valence-electron chi connectivity index (χ1n) is 12.8. The van der Waals surface area contributed by atoms with Crippen LogP contribution in [0.3, 0.4) is 0 Å². The molecule has 1 atom stereocenters. The highest BCUT2D eigenvalue weighted by molar-refractivity contribution is 9.10. The van der Waals surface area contributed by atoms with Crippen LogP contribution in [0.4, 0.5) is 11.4 Å². The van der Waals surface area contributed by atoms with Crippen molar-refractivity contribution in [2.45, 2.75) is 17.1 Å². The van der Waals surface area contributed by atoms with Gasteiger partial charge in [0.05, 0.1) is 5.25 Å². The maximum absolute atomic E-state index is 13.4. The molecule has 0 spiro atoms. The number of benzene rings is 4. The summed E-state index contributed by atoms with van der Waals surface area (Å²) in [4.78, 5) is 51.0. The van der Waals surface area contributed by atoms with E-state index in [2.05, 4.69) is 31.9 Å². The van der Waals surface area contributed by atoms with Gasteiger partial charge in [-0.3, -0.25) is 19.2 Å². The topological polar surface area (TPSA) is 130 Å². The third-order valence-corrected chi connectivity index (χ3v) is 7.54. The Kier molecular flexibility index (Phi) is 10.3. The van der Waals surface area contributed by atoms with Gasteiger partial charge < -0.3 is 21.7 Å². The molecule has 10 heteroatoms. The van der Waals surface area contributed by atoms with Crippen LogP contribution < -0.4 is 21.7 Å². The zero-order valence-corrected chi connectivity index (χ0v) is 24.9. The minimum atomic E-state index is -0.543. The predicted molar refractivity (Wildman–Crippen MR) is 170 cm³/mol. The second-order valence-corrected chi connectivity index (χ2v) is 11.4. The van der Waals surface area contributed by atoms with Gasteiger partial charge in [0.1, 0.15) is 5.70 Å². The highest BCUT2D eigenvalue weighted by Crippen LogP contribution is 2.27. The number of rotatable bonds is 10. The molecule has 0 aromatic heterocycles. The summed E-state index contributed by atoms with van der Waals surface area (Å²) in [6.07, 6.45) is 1.60. The molecule has 4 rings (SSSR count). The molecule has 0 fully saturated rings. The van der Waals surface area contributed by atoms with E-state index in [1.54, 1.807) is 85.8 Å². The van der Waals surface area contributed by atoms with E-state index in [4.69, 9.17) is 5.73 Å². The molecule has 4 aromatic carbocycles. The van der Waals surface area contributed by atoms with Crippen LogP contribution in [-0.2, 0) is 9.59 Å². The zero-order valence-electron chi connectivity index (χ0n) is 22.5. The van der Waals surface area contributed by atoms with E-state index < -0.39 is 23.0 Å². The normalized spacial score (nSPS) is 11.7. The summed E-state index contributed by atoms with van der Waals surface area (Å²) in [5.41, 5.74) is 7.87. The third kappa shape index (κ3) is 8.66. The van der Waals surface area contributed by atoms with E-state index in [9.17, 15) is 19.2 Å². The lowest BCUT2D eigenvalue weighted by molar-refractivity contribution is -0.115. The largest absolute Gasteiger partial charge is 0.366 e. The first kappa shape index (κ1) is 30.3.